The molecule has 180 valence electrons. The largest absolute Gasteiger partial charge is 0.388 e. The van der Waals surface area contributed by atoms with Crippen LogP contribution < -0.4 is 0 Å². The Labute approximate surface area is 210 Å². The average molecular weight is 490 g/mol. The summed E-state index contributed by atoms with van der Waals surface area (Å²) in [5.41, 5.74) is 6.92. The fourth-order valence-corrected chi connectivity index (χ4v) is 5.17. The van der Waals surface area contributed by atoms with Gasteiger partial charge in [-0.25, -0.2) is 4.39 Å². The van der Waals surface area contributed by atoms with E-state index in [4.69, 9.17) is 11.6 Å². The second kappa shape index (κ2) is 10.3. The molecule has 4 nitrogen and oxygen atoms in total. The number of nitrogens with zero attached hydrogens (tertiary/aromatic N) is 3. The highest BCUT2D eigenvalue weighted by Gasteiger charge is 2.24. The lowest BCUT2D eigenvalue weighted by molar-refractivity contribution is 0.153. The molecule has 0 fully saturated rings. The maximum atomic E-state index is 13.2. The van der Waals surface area contributed by atoms with Gasteiger partial charge < -0.3 is 9.67 Å². The third-order valence-electron chi connectivity index (χ3n) is 6.89. The summed E-state index contributed by atoms with van der Waals surface area (Å²) >= 11 is 6.40. The molecule has 1 atom stereocenters. The zero-order valence-corrected chi connectivity index (χ0v) is 20.5. The Morgan fingerprint density at radius 2 is 1.91 bits per heavy atom. The van der Waals surface area contributed by atoms with Crippen LogP contribution in [0.25, 0.3) is 22.7 Å². The van der Waals surface area contributed by atoms with Gasteiger partial charge in [0.1, 0.15) is 5.82 Å². The molecule has 2 aromatic heterocycles. The summed E-state index contributed by atoms with van der Waals surface area (Å²) in [6, 6.07) is 16.3. The minimum Gasteiger partial charge on any atom is -0.388 e. The summed E-state index contributed by atoms with van der Waals surface area (Å²) in [5.74, 6) is -0.282. The van der Waals surface area contributed by atoms with E-state index in [-0.39, 0.29) is 5.82 Å². The SMILES string of the molecule is CC(=Cn1c2c(c3cc(Cl)ccc31)CN(CCCC(O)c1ccc(F)cc1)CC2)c1ccncc1. The summed E-state index contributed by atoms with van der Waals surface area (Å²) < 4.78 is 15.5. The first-order chi connectivity index (χ1) is 17.0. The zero-order chi connectivity index (χ0) is 24.4. The van der Waals surface area contributed by atoms with Gasteiger partial charge in [-0.1, -0.05) is 23.7 Å². The van der Waals surface area contributed by atoms with Gasteiger partial charge in [-0.2, -0.15) is 0 Å². The van der Waals surface area contributed by atoms with E-state index in [0.29, 0.717) is 6.42 Å². The van der Waals surface area contributed by atoms with Crippen LogP contribution in [-0.2, 0) is 13.0 Å². The molecule has 0 amide bonds. The summed E-state index contributed by atoms with van der Waals surface area (Å²) in [7, 11) is 0. The van der Waals surface area contributed by atoms with Crippen LogP contribution in [-0.4, -0.2) is 32.6 Å². The lowest BCUT2D eigenvalue weighted by Gasteiger charge is -2.28. The van der Waals surface area contributed by atoms with Crippen LogP contribution in [0.2, 0.25) is 5.02 Å². The van der Waals surface area contributed by atoms with E-state index in [0.717, 1.165) is 48.6 Å². The molecule has 2 aromatic carbocycles. The van der Waals surface area contributed by atoms with Gasteiger partial charge in [0.2, 0.25) is 0 Å². The van der Waals surface area contributed by atoms with Crippen molar-refractivity contribution in [2.45, 2.75) is 38.8 Å². The van der Waals surface area contributed by atoms with Crippen LogP contribution in [0.1, 0.15) is 48.3 Å². The molecule has 0 spiro atoms. The molecular weight excluding hydrogens is 461 g/mol. The number of rotatable bonds is 7. The molecule has 6 heteroatoms. The Bertz CT molecular complexity index is 1350. The van der Waals surface area contributed by atoms with E-state index in [1.807, 2.05) is 30.6 Å². The molecule has 1 aliphatic heterocycles. The minimum absolute atomic E-state index is 0.282. The highest BCUT2D eigenvalue weighted by molar-refractivity contribution is 6.31. The van der Waals surface area contributed by atoms with Gasteiger partial charge in [-0.05, 0) is 91.0 Å². The number of aromatic nitrogens is 2. The third-order valence-corrected chi connectivity index (χ3v) is 7.13. The third kappa shape index (κ3) is 5.18. The number of halogens is 2. The molecule has 35 heavy (non-hydrogen) atoms. The summed E-state index contributed by atoms with van der Waals surface area (Å²) in [6.07, 6.45) is 7.76. The Morgan fingerprint density at radius 1 is 1.14 bits per heavy atom. The van der Waals surface area contributed by atoms with Crippen molar-refractivity contribution in [3.63, 3.8) is 0 Å². The molecule has 0 bridgehead atoms. The molecule has 0 saturated heterocycles. The van der Waals surface area contributed by atoms with Gasteiger partial charge in [0.15, 0.2) is 0 Å². The number of fused-ring (bicyclic) bond motifs is 3. The molecule has 1 unspecified atom stereocenters. The second-order valence-electron chi connectivity index (χ2n) is 9.24. The number of aliphatic hydroxyl groups is 1. The standard InChI is InChI=1S/C29H29ClFN3O/c1-20(21-10-13-32-14-11-21)18-34-27-9-6-23(30)17-25(27)26-19-33(16-12-28(26)34)15-2-3-29(35)22-4-7-24(31)8-5-22/h4-11,13-14,17-18,29,35H,2-3,12,15-16,19H2,1H3. The van der Waals surface area contributed by atoms with Crippen LogP contribution >= 0.6 is 11.6 Å². The Morgan fingerprint density at radius 3 is 2.69 bits per heavy atom. The molecule has 0 saturated carbocycles. The molecule has 4 aromatic rings. The fraction of sp³-hybridized carbons (Fsp3) is 0.276. The quantitative estimate of drug-likeness (QED) is 0.313. The number of hydrogen-bond acceptors (Lipinski definition) is 3. The van der Waals surface area contributed by atoms with Crippen LogP contribution in [0.3, 0.4) is 0 Å². The molecule has 0 aliphatic carbocycles. The van der Waals surface area contributed by atoms with E-state index in [9.17, 15) is 9.50 Å². The summed E-state index contributed by atoms with van der Waals surface area (Å²) in [5, 5.41) is 12.4. The van der Waals surface area contributed by atoms with E-state index in [1.54, 1.807) is 12.1 Å². The summed E-state index contributed by atoms with van der Waals surface area (Å²) in [4.78, 5) is 6.58. The lowest BCUT2D eigenvalue weighted by Crippen LogP contribution is -2.31. The lowest BCUT2D eigenvalue weighted by atomic mass is 10.0. The van der Waals surface area contributed by atoms with Gasteiger partial charge in [0.05, 0.1) is 11.6 Å². The van der Waals surface area contributed by atoms with Crippen molar-refractivity contribution < 1.29 is 9.50 Å². The molecule has 1 aliphatic rings. The molecule has 3 heterocycles. The topological polar surface area (TPSA) is 41.3 Å². The van der Waals surface area contributed by atoms with E-state index in [2.05, 4.69) is 39.7 Å². The van der Waals surface area contributed by atoms with E-state index < -0.39 is 6.10 Å². The highest BCUT2D eigenvalue weighted by Crippen LogP contribution is 2.34. The Hall–Kier alpha value is -2.99. The van der Waals surface area contributed by atoms with Gasteiger partial charge in [0.25, 0.3) is 0 Å². The number of benzene rings is 2. The smallest absolute Gasteiger partial charge is 0.123 e. The average Bonchev–Trinajstić information content (AvgIpc) is 3.17. The van der Waals surface area contributed by atoms with Gasteiger partial charge in [-0.3, -0.25) is 9.88 Å². The zero-order valence-electron chi connectivity index (χ0n) is 19.8. The molecular formula is C29H29ClFN3O. The molecule has 5 rings (SSSR count). The van der Waals surface area contributed by atoms with Crippen LogP contribution in [0.4, 0.5) is 4.39 Å². The van der Waals surface area contributed by atoms with E-state index >= 15 is 0 Å². The van der Waals surface area contributed by atoms with Gasteiger partial charge in [0, 0.05) is 54.2 Å². The van der Waals surface area contributed by atoms with Crippen LogP contribution in [0.15, 0.2) is 67.0 Å². The van der Waals surface area contributed by atoms with Crippen LogP contribution in [0, 0.1) is 5.82 Å². The Kier molecular flexibility index (Phi) is 7.00. The van der Waals surface area contributed by atoms with Crippen molar-refractivity contribution in [1.29, 1.82) is 0 Å². The molecule has 0 radical (unpaired) electrons. The first-order valence-electron chi connectivity index (χ1n) is 12.1. The van der Waals surface area contributed by atoms with Crippen molar-refractivity contribution in [3.05, 3.63) is 100 Å². The first kappa shape index (κ1) is 23.7. The first-order valence-corrected chi connectivity index (χ1v) is 12.4. The van der Waals surface area contributed by atoms with Crippen molar-refractivity contribution in [2.24, 2.45) is 0 Å². The van der Waals surface area contributed by atoms with Crippen molar-refractivity contribution >= 4 is 34.3 Å². The van der Waals surface area contributed by atoms with Crippen molar-refractivity contribution in [1.82, 2.24) is 14.5 Å². The van der Waals surface area contributed by atoms with E-state index in [1.165, 1.54) is 39.9 Å². The highest BCUT2D eigenvalue weighted by atomic mass is 35.5. The van der Waals surface area contributed by atoms with Crippen LogP contribution in [0.5, 0.6) is 0 Å². The second-order valence-corrected chi connectivity index (χ2v) is 9.68. The maximum Gasteiger partial charge on any atom is 0.123 e. The Balaban J connectivity index is 1.35. The van der Waals surface area contributed by atoms with Gasteiger partial charge in [-0.15, -0.1) is 0 Å². The predicted molar refractivity (Wildman–Crippen MR) is 141 cm³/mol. The normalized spacial score (nSPS) is 15.4. The number of hydrogen-bond donors (Lipinski definition) is 1. The monoisotopic (exact) mass is 489 g/mol. The summed E-state index contributed by atoms with van der Waals surface area (Å²) in [6.45, 7) is 4.85. The minimum atomic E-state index is -0.571. The van der Waals surface area contributed by atoms with Crippen molar-refractivity contribution in [2.75, 3.05) is 13.1 Å². The van der Waals surface area contributed by atoms with Gasteiger partial charge >= 0.3 is 0 Å². The number of aliphatic hydroxyl groups excluding tert-OH is 1. The predicted octanol–water partition coefficient (Wildman–Crippen LogP) is 6.72. The molecule has 1 N–H and O–H groups in total. The number of pyridine rings is 1. The van der Waals surface area contributed by atoms with Crippen molar-refractivity contribution in [3.8, 4) is 0 Å². The maximum absolute atomic E-state index is 13.2. The fourth-order valence-electron chi connectivity index (χ4n) is 5.00. The number of allylic oxidation sites excluding steroid dienone is 1.